The molecular formula is C18H23N7. The van der Waals surface area contributed by atoms with Gasteiger partial charge in [0.15, 0.2) is 5.82 Å². The zero-order valence-electron chi connectivity index (χ0n) is 14.4. The molecule has 2 aromatic heterocycles. The monoisotopic (exact) mass is 337 g/mol. The van der Waals surface area contributed by atoms with Crippen molar-refractivity contribution >= 4 is 22.2 Å². The van der Waals surface area contributed by atoms with Gasteiger partial charge >= 0.3 is 0 Å². The van der Waals surface area contributed by atoms with Gasteiger partial charge in [-0.05, 0) is 23.3 Å². The number of hydrogen-bond donors (Lipinski definition) is 0. The fraction of sp³-hybridized carbons (Fsp3) is 0.556. The molecule has 0 amide bonds. The van der Waals surface area contributed by atoms with Gasteiger partial charge in [-0.15, -0.1) is 14.8 Å². The van der Waals surface area contributed by atoms with E-state index in [9.17, 15) is 0 Å². The Hall–Kier alpha value is -2.28. The van der Waals surface area contributed by atoms with Gasteiger partial charge in [0, 0.05) is 43.0 Å². The van der Waals surface area contributed by atoms with Crippen LogP contribution in [0.5, 0.6) is 0 Å². The topological polar surface area (TPSA) is 62.5 Å². The first-order chi connectivity index (χ1) is 12.4. The van der Waals surface area contributed by atoms with Crippen molar-refractivity contribution < 1.29 is 0 Å². The molecule has 3 aromatic rings. The molecule has 0 bridgehead atoms. The minimum atomic E-state index is 0.722. The largest absolute Gasteiger partial charge is 0.352 e. The minimum Gasteiger partial charge on any atom is -0.352 e. The van der Waals surface area contributed by atoms with E-state index in [1.165, 1.54) is 32.1 Å². The van der Waals surface area contributed by atoms with E-state index in [0.717, 1.165) is 54.5 Å². The van der Waals surface area contributed by atoms with Gasteiger partial charge in [0.25, 0.3) is 0 Å². The quantitative estimate of drug-likeness (QED) is 0.714. The van der Waals surface area contributed by atoms with Gasteiger partial charge < -0.3 is 4.90 Å². The summed E-state index contributed by atoms with van der Waals surface area (Å²) in [4.78, 5) is 5.08. The number of piperazine rings is 1. The van der Waals surface area contributed by atoms with Crippen molar-refractivity contribution in [3.8, 4) is 0 Å². The Morgan fingerprint density at radius 1 is 0.880 bits per heavy atom. The standard InChI is InChI=1S/C18H23N7/c1-2-6-14(7-3-1)23-10-12-24(13-11-23)18-16-9-5-4-8-15(16)17-19-21-22-25(17)20-18/h4-5,8-9,14H,1-3,6-7,10-13H2. The molecule has 0 unspecified atom stereocenters. The third-order valence-electron chi connectivity index (χ3n) is 5.76. The van der Waals surface area contributed by atoms with Crippen molar-refractivity contribution in [2.45, 2.75) is 38.1 Å². The molecular weight excluding hydrogens is 314 g/mol. The molecule has 2 fully saturated rings. The predicted molar refractivity (Wildman–Crippen MR) is 96.7 cm³/mol. The van der Waals surface area contributed by atoms with Crippen molar-refractivity contribution in [2.24, 2.45) is 0 Å². The molecule has 0 N–H and O–H groups in total. The number of nitrogens with zero attached hydrogens (tertiary/aromatic N) is 7. The summed E-state index contributed by atoms with van der Waals surface area (Å²) >= 11 is 0. The number of anilines is 1. The average molecular weight is 337 g/mol. The number of fused-ring (bicyclic) bond motifs is 3. The Morgan fingerprint density at radius 2 is 1.64 bits per heavy atom. The zero-order chi connectivity index (χ0) is 16.6. The normalized spacial score (nSPS) is 20.6. The molecule has 25 heavy (non-hydrogen) atoms. The fourth-order valence-corrected chi connectivity index (χ4v) is 4.41. The third-order valence-corrected chi connectivity index (χ3v) is 5.76. The van der Waals surface area contributed by atoms with E-state index in [1.54, 1.807) is 4.63 Å². The molecule has 130 valence electrons. The molecule has 5 rings (SSSR count). The van der Waals surface area contributed by atoms with Crippen LogP contribution in [-0.2, 0) is 0 Å². The maximum atomic E-state index is 4.71. The molecule has 1 aliphatic carbocycles. The molecule has 0 radical (unpaired) electrons. The van der Waals surface area contributed by atoms with Crippen LogP contribution in [0.3, 0.4) is 0 Å². The first kappa shape index (κ1) is 15.0. The van der Waals surface area contributed by atoms with Crippen molar-refractivity contribution in [1.29, 1.82) is 0 Å². The van der Waals surface area contributed by atoms with Gasteiger partial charge in [-0.25, -0.2) is 0 Å². The second-order valence-corrected chi connectivity index (χ2v) is 7.18. The van der Waals surface area contributed by atoms with E-state index >= 15 is 0 Å². The van der Waals surface area contributed by atoms with Crippen LogP contribution in [0.25, 0.3) is 16.4 Å². The molecule has 3 heterocycles. The third kappa shape index (κ3) is 2.63. The molecule has 1 saturated heterocycles. The number of hydrogen-bond acceptors (Lipinski definition) is 6. The molecule has 1 saturated carbocycles. The van der Waals surface area contributed by atoms with Crippen LogP contribution in [0.15, 0.2) is 24.3 Å². The van der Waals surface area contributed by atoms with E-state index in [0.29, 0.717) is 0 Å². The van der Waals surface area contributed by atoms with E-state index < -0.39 is 0 Å². The van der Waals surface area contributed by atoms with Gasteiger partial charge in [-0.3, -0.25) is 4.90 Å². The van der Waals surface area contributed by atoms with E-state index in [2.05, 4.69) is 43.5 Å². The second kappa shape index (κ2) is 6.22. The van der Waals surface area contributed by atoms with Crippen molar-refractivity contribution in [3.63, 3.8) is 0 Å². The van der Waals surface area contributed by atoms with Gasteiger partial charge in [0.05, 0.1) is 0 Å². The van der Waals surface area contributed by atoms with Crippen molar-refractivity contribution in [3.05, 3.63) is 24.3 Å². The maximum Gasteiger partial charge on any atom is 0.207 e. The second-order valence-electron chi connectivity index (χ2n) is 7.18. The van der Waals surface area contributed by atoms with Crippen LogP contribution in [-0.4, -0.2) is 62.4 Å². The van der Waals surface area contributed by atoms with Crippen LogP contribution in [0.1, 0.15) is 32.1 Å². The molecule has 7 nitrogen and oxygen atoms in total. The van der Waals surface area contributed by atoms with Crippen LogP contribution in [0.4, 0.5) is 5.82 Å². The first-order valence-electron chi connectivity index (χ1n) is 9.36. The molecule has 7 heteroatoms. The van der Waals surface area contributed by atoms with Gasteiger partial charge in [-0.1, -0.05) is 43.5 Å². The van der Waals surface area contributed by atoms with E-state index in [1.807, 2.05) is 6.07 Å². The lowest BCUT2D eigenvalue weighted by Crippen LogP contribution is -2.51. The summed E-state index contributed by atoms with van der Waals surface area (Å²) in [6, 6.07) is 9.08. The van der Waals surface area contributed by atoms with Crippen LogP contribution in [0, 0.1) is 0 Å². The Labute approximate surface area is 146 Å². The summed E-state index contributed by atoms with van der Waals surface area (Å²) in [7, 11) is 0. The highest BCUT2D eigenvalue weighted by molar-refractivity contribution is 5.99. The molecule has 0 atom stereocenters. The number of aromatic nitrogens is 5. The average Bonchev–Trinajstić information content (AvgIpc) is 3.17. The first-order valence-corrected chi connectivity index (χ1v) is 9.36. The van der Waals surface area contributed by atoms with E-state index in [-0.39, 0.29) is 0 Å². The highest BCUT2D eigenvalue weighted by atomic mass is 15.6. The Morgan fingerprint density at radius 3 is 2.44 bits per heavy atom. The lowest BCUT2D eigenvalue weighted by molar-refractivity contribution is 0.147. The van der Waals surface area contributed by atoms with Crippen LogP contribution >= 0.6 is 0 Å². The lowest BCUT2D eigenvalue weighted by atomic mass is 9.94. The minimum absolute atomic E-state index is 0.722. The summed E-state index contributed by atoms with van der Waals surface area (Å²) in [6.07, 6.45) is 6.95. The smallest absolute Gasteiger partial charge is 0.207 e. The summed E-state index contributed by atoms with van der Waals surface area (Å²) in [5.41, 5.74) is 0.722. The van der Waals surface area contributed by atoms with Crippen molar-refractivity contribution in [1.82, 2.24) is 30.2 Å². The Balaban J connectivity index is 1.43. The number of rotatable bonds is 2. The van der Waals surface area contributed by atoms with Crippen LogP contribution in [0.2, 0.25) is 0 Å². The maximum absolute atomic E-state index is 4.71. The molecule has 1 aromatic carbocycles. The fourth-order valence-electron chi connectivity index (χ4n) is 4.41. The molecule has 0 spiro atoms. The molecule has 1 aliphatic heterocycles. The predicted octanol–water partition coefficient (Wildman–Crippen LogP) is 2.13. The van der Waals surface area contributed by atoms with Gasteiger partial charge in [0.2, 0.25) is 5.65 Å². The SMILES string of the molecule is c1ccc2c(c1)c(N1CCN(C3CCCCC3)CC1)nn1nnnc21. The summed E-state index contributed by atoms with van der Waals surface area (Å²) in [6.45, 7) is 4.27. The highest BCUT2D eigenvalue weighted by Crippen LogP contribution is 2.29. The van der Waals surface area contributed by atoms with Crippen LogP contribution < -0.4 is 4.90 Å². The lowest BCUT2D eigenvalue weighted by Gasteiger charge is -2.41. The van der Waals surface area contributed by atoms with Gasteiger partial charge in [-0.2, -0.15) is 0 Å². The summed E-state index contributed by atoms with van der Waals surface area (Å²) in [5.74, 6) is 0.999. The summed E-state index contributed by atoms with van der Waals surface area (Å²) in [5, 5.41) is 18.8. The number of benzene rings is 1. The summed E-state index contributed by atoms with van der Waals surface area (Å²) < 4.78 is 1.56. The number of tetrazole rings is 1. The zero-order valence-corrected chi connectivity index (χ0v) is 14.4. The van der Waals surface area contributed by atoms with E-state index in [4.69, 9.17) is 5.10 Å². The Bertz CT molecular complexity index is 875. The Kier molecular flexibility index (Phi) is 3.73. The molecule has 2 aliphatic rings. The highest BCUT2D eigenvalue weighted by Gasteiger charge is 2.26. The van der Waals surface area contributed by atoms with Gasteiger partial charge in [0.1, 0.15) is 0 Å². The van der Waals surface area contributed by atoms with Crippen molar-refractivity contribution in [2.75, 3.05) is 31.1 Å².